The molecule has 0 heterocycles. The van der Waals surface area contributed by atoms with Crippen molar-refractivity contribution >= 4 is 39.5 Å². The van der Waals surface area contributed by atoms with Crippen LogP contribution in [-0.4, -0.2) is 96.7 Å². The maximum absolute atomic E-state index is 13.1. The van der Waals surface area contributed by atoms with Gasteiger partial charge in [0.2, 0.25) is 0 Å². The third-order valence-corrected chi connectivity index (χ3v) is 16.6. The van der Waals surface area contributed by atoms with E-state index in [1.54, 1.807) is 18.2 Å². The molecule has 0 aliphatic rings. The molecule has 5 unspecified atom stereocenters. The monoisotopic (exact) mass is 1440 g/mol. The topological polar surface area (TPSA) is 237 Å². The molecule has 19 heteroatoms. The van der Waals surface area contributed by atoms with E-state index in [1.165, 1.54) is 25.7 Å². The zero-order chi connectivity index (χ0) is 73.2. The number of unbranched alkanes of at least 4 members (excludes halogenated alkanes) is 16. The summed E-state index contributed by atoms with van der Waals surface area (Å²) in [7, 11) is -10.0. The second kappa shape index (κ2) is 71.8. The number of hydrogen-bond acceptors (Lipinski definition) is 15. The molecule has 5 atom stereocenters. The van der Waals surface area contributed by atoms with E-state index in [1.807, 2.05) is 30.4 Å². The molecule has 3 N–H and O–H groups in total. The molecule has 0 saturated carbocycles. The van der Waals surface area contributed by atoms with Gasteiger partial charge in [-0.2, -0.15) is 0 Å². The van der Waals surface area contributed by atoms with Crippen molar-refractivity contribution in [2.45, 2.75) is 277 Å². The summed E-state index contributed by atoms with van der Waals surface area (Å²) in [6.45, 7) is 4.28. The van der Waals surface area contributed by atoms with Crippen LogP contribution in [0.5, 0.6) is 0 Å². The molecule has 0 aliphatic carbocycles. The number of carbonyl (C=O) groups excluding carboxylic acids is 4. The lowest BCUT2D eigenvalue weighted by Crippen LogP contribution is -2.30. The fourth-order valence-electron chi connectivity index (χ4n) is 9.06. The molecular weight excluding hydrogens is 1310 g/mol. The summed E-state index contributed by atoms with van der Waals surface area (Å²) in [5.41, 5.74) is 0. The fourth-order valence-corrected chi connectivity index (χ4v) is 10.6. The minimum Gasteiger partial charge on any atom is -0.462 e. The first kappa shape index (κ1) is 94.4. The van der Waals surface area contributed by atoms with Crippen molar-refractivity contribution < 1.29 is 80.2 Å². The maximum atomic E-state index is 13.1. The SMILES string of the molecule is CC/C=C\C/C=C\C/C=C\C/C=C\C/C=C\CC(=O)OCC(COP(=O)(O)OCC(O)COP(=O)(O)OCC(COC(=O)CCCCCCCC/C=C\C/C=C\C/C=C\CCCCC)OC(=O)C/C=C\C/C=C\C/C=C\C/C=C\C/C=C\CC)OC(=O)CCCCCCC/C=C\CCCC. The quantitative estimate of drug-likeness (QED) is 0.0169. The van der Waals surface area contributed by atoms with Crippen molar-refractivity contribution in [2.24, 2.45) is 0 Å². The van der Waals surface area contributed by atoms with E-state index in [9.17, 15) is 43.2 Å². The highest BCUT2D eigenvalue weighted by Crippen LogP contribution is 2.45. The molecule has 566 valence electrons. The van der Waals surface area contributed by atoms with E-state index in [4.69, 9.17) is 37.0 Å². The van der Waals surface area contributed by atoms with E-state index in [-0.39, 0.29) is 25.7 Å². The summed E-state index contributed by atoms with van der Waals surface area (Å²) in [5, 5.41) is 10.6. The predicted molar refractivity (Wildman–Crippen MR) is 408 cm³/mol. The average molecular weight is 1440 g/mol. The van der Waals surface area contributed by atoms with Gasteiger partial charge in [0.05, 0.1) is 39.3 Å². The van der Waals surface area contributed by atoms with Gasteiger partial charge in [-0.1, -0.05) is 268 Å². The summed E-state index contributed by atoms with van der Waals surface area (Å²) in [6.07, 6.45) is 84.2. The Bertz CT molecular complexity index is 2570. The van der Waals surface area contributed by atoms with Crippen molar-refractivity contribution in [3.05, 3.63) is 170 Å². The van der Waals surface area contributed by atoms with E-state index in [2.05, 4.69) is 149 Å². The van der Waals surface area contributed by atoms with Crippen molar-refractivity contribution in [2.75, 3.05) is 39.6 Å². The number of hydrogen-bond donors (Lipinski definition) is 3. The van der Waals surface area contributed by atoms with Gasteiger partial charge in [-0.15, -0.1) is 0 Å². The molecule has 0 aliphatic heterocycles. The minimum atomic E-state index is -5.01. The molecule has 0 rings (SSSR count). The van der Waals surface area contributed by atoms with Crippen LogP contribution in [0.4, 0.5) is 0 Å². The summed E-state index contributed by atoms with van der Waals surface area (Å²) in [5.74, 6) is -2.52. The van der Waals surface area contributed by atoms with E-state index >= 15 is 0 Å². The fraction of sp³-hybridized carbons (Fsp3) is 0.605. The number of aliphatic hydroxyl groups is 1. The molecule has 0 aromatic carbocycles. The Morgan fingerprint density at radius 3 is 0.970 bits per heavy atom. The van der Waals surface area contributed by atoms with Gasteiger partial charge < -0.3 is 33.8 Å². The number of esters is 4. The molecule has 0 bridgehead atoms. The van der Waals surface area contributed by atoms with Crippen molar-refractivity contribution in [3.63, 3.8) is 0 Å². The second-order valence-electron chi connectivity index (χ2n) is 24.1. The maximum Gasteiger partial charge on any atom is 0.472 e. The minimum absolute atomic E-state index is 0.0565. The van der Waals surface area contributed by atoms with Crippen molar-refractivity contribution in [1.29, 1.82) is 0 Å². The molecule has 0 spiro atoms. The zero-order valence-electron chi connectivity index (χ0n) is 61.5. The van der Waals surface area contributed by atoms with Crippen molar-refractivity contribution in [1.82, 2.24) is 0 Å². The van der Waals surface area contributed by atoms with Gasteiger partial charge in [-0.25, -0.2) is 9.13 Å². The van der Waals surface area contributed by atoms with Gasteiger partial charge in [0, 0.05) is 12.8 Å². The second-order valence-corrected chi connectivity index (χ2v) is 27.1. The first-order valence-corrected chi connectivity index (χ1v) is 40.4. The number of allylic oxidation sites excluding steroid dienone is 26. The lowest BCUT2D eigenvalue weighted by molar-refractivity contribution is -0.160. The Balaban J connectivity index is 5.48. The van der Waals surface area contributed by atoms with E-state index in [0.29, 0.717) is 25.7 Å². The lowest BCUT2D eigenvalue weighted by Gasteiger charge is -2.21. The third-order valence-electron chi connectivity index (χ3n) is 14.7. The van der Waals surface area contributed by atoms with Crippen LogP contribution in [0, 0.1) is 0 Å². The van der Waals surface area contributed by atoms with Crippen LogP contribution in [0.3, 0.4) is 0 Å². The highest BCUT2D eigenvalue weighted by atomic mass is 31.2. The van der Waals surface area contributed by atoms with Crippen molar-refractivity contribution in [3.8, 4) is 0 Å². The first-order valence-electron chi connectivity index (χ1n) is 37.4. The van der Waals surface area contributed by atoms with E-state index < -0.39 is 97.5 Å². The Labute approximate surface area is 603 Å². The number of phosphoric ester groups is 2. The number of phosphoric acid groups is 2. The van der Waals surface area contributed by atoms with Gasteiger partial charge in [0.1, 0.15) is 19.3 Å². The number of ether oxygens (including phenoxy) is 4. The first-order chi connectivity index (χ1) is 48.7. The molecule has 0 aromatic rings. The Hall–Kier alpha value is -5.58. The van der Waals surface area contributed by atoms with Crippen LogP contribution < -0.4 is 0 Å². The summed E-state index contributed by atoms with van der Waals surface area (Å²) >= 11 is 0. The van der Waals surface area contributed by atoms with Gasteiger partial charge in [-0.3, -0.25) is 37.3 Å². The number of aliphatic hydroxyl groups excluding tert-OH is 1. The molecule has 0 amide bonds. The normalized spacial score (nSPS) is 14.9. The van der Waals surface area contributed by atoms with Crippen LogP contribution in [0.2, 0.25) is 0 Å². The standard InChI is InChI=1S/C81H130O17P2/c1-5-9-13-17-21-25-29-32-35-36-37-38-41-43-47-50-54-58-62-66-79(84)92-72-77(98-81(86)68-64-60-56-52-48-44-40-34-31-27-23-19-15-11-7-3)74-96-100(89,90)94-70-75(82)69-93-99(87,88)95-73-76(97-80(85)67-63-59-55-51-45-28-24-20-16-12-8-4)71-91-78(83)65-61-57-53-49-46-42-39-33-30-26-22-18-14-10-6-2/h10-11,14-15,20-27,32-35,37-40,46,48-49,52,57,60-61,64,75-77,82H,5-9,12-13,16-19,28-31,36,41-45,47,50-51,53-56,58-59,62-63,65-74H2,1-4H3,(H,87,88)(H,89,90)/b14-10-,15-11-,24-20-,25-21-,26-22-,27-23-,35-32-,38-37-,39-33-,40-34-,49-46-,52-48-,61-57-,64-60-. The van der Waals surface area contributed by atoms with Gasteiger partial charge in [-0.05, 0) is 135 Å². The highest BCUT2D eigenvalue weighted by Gasteiger charge is 2.30. The van der Waals surface area contributed by atoms with Gasteiger partial charge in [0.15, 0.2) is 12.2 Å². The van der Waals surface area contributed by atoms with Crippen LogP contribution >= 0.6 is 15.6 Å². The summed E-state index contributed by atoms with van der Waals surface area (Å²) in [6, 6.07) is 0. The lowest BCUT2D eigenvalue weighted by atomic mass is 10.1. The molecule has 17 nitrogen and oxygen atoms in total. The number of rotatable bonds is 68. The Morgan fingerprint density at radius 2 is 0.580 bits per heavy atom. The molecule has 0 fully saturated rings. The van der Waals surface area contributed by atoms with Crippen LogP contribution in [0.1, 0.15) is 259 Å². The predicted octanol–water partition coefficient (Wildman–Crippen LogP) is 21.4. The molecule has 0 aromatic heterocycles. The Kier molecular flexibility index (Phi) is 67.8. The smallest absolute Gasteiger partial charge is 0.462 e. The highest BCUT2D eigenvalue weighted by molar-refractivity contribution is 7.47. The van der Waals surface area contributed by atoms with Crippen LogP contribution in [-0.2, 0) is 65.4 Å². The summed E-state index contributed by atoms with van der Waals surface area (Å²) < 4.78 is 68.1. The molecule has 100 heavy (non-hydrogen) atoms. The third kappa shape index (κ3) is 70.8. The molecule has 0 radical (unpaired) electrons. The number of carbonyl (C=O) groups is 4. The van der Waals surface area contributed by atoms with E-state index in [0.717, 1.165) is 154 Å². The van der Waals surface area contributed by atoms with Gasteiger partial charge in [0.25, 0.3) is 0 Å². The largest absolute Gasteiger partial charge is 0.472 e. The zero-order valence-corrected chi connectivity index (χ0v) is 63.3. The molecule has 0 saturated heterocycles. The summed E-state index contributed by atoms with van der Waals surface area (Å²) in [4.78, 5) is 72.6. The average Bonchev–Trinajstić information content (AvgIpc) is 0.945. The van der Waals surface area contributed by atoms with Crippen LogP contribution in [0.25, 0.3) is 0 Å². The van der Waals surface area contributed by atoms with Gasteiger partial charge >= 0.3 is 39.5 Å². The van der Waals surface area contributed by atoms with Crippen LogP contribution in [0.15, 0.2) is 170 Å². The molecular formula is C81H130O17P2. The Morgan fingerprint density at radius 1 is 0.300 bits per heavy atom.